The minimum atomic E-state index is -0.545. The summed E-state index contributed by atoms with van der Waals surface area (Å²) in [5.41, 5.74) is -0.172. The van der Waals surface area contributed by atoms with Crippen LogP contribution >= 0.6 is 15.9 Å². The number of hydrogen-bond acceptors (Lipinski definition) is 2. The van der Waals surface area contributed by atoms with Crippen molar-refractivity contribution in [3.8, 4) is 0 Å². The molecule has 0 fully saturated rings. The van der Waals surface area contributed by atoms with E-state index in [0.717, 1.165) is 0 Å². The summed E-state index contributed by atoms with van der Waals surface area (Å²) < 4.78 is 19.6. The molecule has 1 aromatic carbocycles. The van der Waals surface area contributed by atoms with Crippen molar-refractivity contribution in [3.05, 3.63) is 34.2 Å². The van der Waals surface area contributed by atoms with E-state index in [2.05, 4.69) is 15.9 Å². The molecule has 1 aromatic heterocycles. The first-order valence-electron chi connectivity index (χ1n) is 5.23. The van der Waals surface area contributed by atoms with E-state index in [4.69, 9.17) is 4.42 Å². The van der Waals surface area contributed by atoms with Gasteiger partial charge in [0.2, 0.25) is 5.78 Å². The van der Waals surface area contributed by atoms with E-state index in [-0.39, 0.29) is 17.4 Å². The summed E-state index contributed by atoms with van der Waals surface area (Å²) in [6, 6.07) is 4.36. The molecule has 1 heterocycles. The highest BCUT2D eigenvalue weighted by Crippen LogP contribution is 2.31. The number of fused-ring (bicyclic) bond motifs is 1. The molecule has 0 unspecified atom stereocenters. The second-order valence-corrected chi connectivity index (χ2v) is 5.82. The molecule has 0 saturated carbocycles. The second kappa shape index (κ2) is 3.95. The first-order chi connectivity index (χ1) is 7.80. The summed E-state index contributed by atoms with van der Waals surface area (Å²) in [4.78, 5) is 12.0. The Bertz CT molecular complexity index is 554. The third-order valence-electron chi connectivity index (χ3n) is 2.49. The van der Waals surface area contributed by atoms with Gasteiger partial charge in [-0.3, -0.25) is 4.79 Å². The molecule has 90 valence electrons. The number of halogens is 2. The maximum absolute atomic E-state index is 13.5. The lowest BCUT2D eigenvalue weighted by atomic mass is 9.89. The van der Waals surface area contributed by atoms with Crippen molar-refractivity contribution in [3.63, 3.8) is 0 Å². The van der Waals surface area contributed by atoms with Gasteiger partial charge in [0.25, 0.3) is 0 Å². The van der Waals surface area contributed by atoms with Gasteiger partial charge in [0.05, 0.1) is 9.86 Å². The third kappa shape index (κ3) is 2.14. The van der Waals surface area contributed by atoms with E-state index in [0.29, 0.717) is 15.4 Å². The van der Waals surface area contributed by atoms with Gasteiger partial charge in [0.15, 0.2) is 11.3 Å². The zero-order chi connectivity index (χ0) is 12.8. The monoisotopic (exact) mass is 298 g/mol. The predicted octanol–water partition coefficient (Wildman–Crippen LogP) is 4.56. The molecule has 0 saturated heterocycles. The number of rotatable bonds is 1. The maximum atomic E-state index is 13.5. The SMILES string of the molecule is CC(C)(C)C(=O)c1cc2c(F)ccc(Br)c2o1. The number of ketones is 1. The van der Waals surface area contributed by atoms with Crippen molar-refractivity contribution < 1.29 is 13.6 Å². The van der Waals surface area contributed by atoms with E-state index in [9.17, 15) is 9.18 Å². The molecule has 0 N–H and O–H groups in total. The van der Waals surface area contributed by atoms with Gasteiger partial charge in [-0.15, -0.1) is 0 Å². The van der Waals surface area contributed by atoms with Crippen LogP contribution in [0, 0.1) is 11.2 Å². The highest BCUT2D eigenvalue weighted by molar-refractivity contribution is 9.10. The Morgan fingerprint density at radius 3 is 2.53 bits per heavy atom. The number of carbonyl (C=O) groups is 1. The Morgan fingerprint density at radius 2 is 2.00 bits per heavy atom. The van der Waals surface area contributed by atoms with Gasteiger partial charge in [-0.25, -0.2) is 4.39 Å². The molecule has 0 aliphatic heterocycles. The van der Waals surface area contributed by atoms with Crippen LogP contribution in [0.5, 0.6) is 0 Å². The number of furan rings is 1. The van der Waals surface area contributed by atoms with Crippen LogP contribution in [0.3, 0.4) is 0 Å². The van der Waals surface area contributed by atoms with Crippen LogP contribution in [-0.2, 0) is 0 Å². The minimum Gasteiger partial charge on any atom is -0.452 e. The van der Waals surface area contributed by atoms with Crippen LogP contribution in [0.1, 0.15) is 31.3 Å². The van der Waals surface area contributed by atoms with Gasteiger partial charge in [-0.05, 0) is 34.1 Å². The molecule has 0 atom stereocenters. The summed E-state index contributed by atoms with van der Waals surface area (Å²) in [7, 11) is 0. The smallest absolute Gasteiger partial charge is 0.203 e. The van der Waals surface area contributed by atoms with Crippen molar-refractivity contribution >= 4 is 32.7 Å². The molecule has 4 heteroatoms. The molecular weight excluding hydrogens is 287 g/mol. The number of hydrogen-bond donors (Lipinski definition) is 0. The fourth-order valence-electron chi connectivity index (χ4n) is 1.54. The van der Waals surface area contributed by atoms with E-state index in [1.54, 1.807) is 26.8 Å². The zero-order valence-corrected chi connectivity index (χ0v) is 11.4. The summed E-state index contributed by atoms with van der Waals surface area (Å²) in [5.74, 6) is -0.335. The highest BCUT2D eigenvalue weighted by atomic mass is 79.9. The molecule has 0 aliphatic carbocycles. The van der Waals surface area contributed by atoms with Crippen LogP contribution < -0.4 is 0 Å². The Morgan fingerprint density at radius 1 is 1.35 bits per heavy atom. The quantitative estimate of drug-likeness (QED) is 0.722. The number of carbonyl (C=O) groups excluding carboxylic acids is 1. The van der Waals surface area contributed by atoms with Crippen LogP contribution in [-0.4, -0.2) is 5.78 Å². The fourth-order valence-corrected chi connectivity index (χ4v) is 1.97. The Kier molecular flexibility index (Phi) is 2.86. The predicted molar refractivity (Wildman–Crippen MR) is 67.7 cm³/mol. The minimum absolute atomic E-state index is 0.139. The molecule has 0 bridgehead atoms. The van der Waals surface area contributed by atoms with E-state index in [1.165, 1.54) is 12.1 Å². The lowest BCUT2D eigenvalue weighted by Crippen LogP contribution is -2.19. The summed E-state index contributed by atoms with van der Waals surface area (Å²) in [5, 5.41) is 0.326. The molecule has 0 spiro atoms. The Hall–Kier alpha value is -1.16. The lowest BCUT2D eigenvalue weighted by molar-refractivity contribution is 0.0831. The fraction of sp³-hybridized carbons (Fsp3) is 0.308. The Balaban J connectivity index is 2.64. The summed E-state index contributed by atoms with van der Waals surface area (Å²) >= 11 is 3.27. The summed E-state index contributed by atoms with van der Waals surface area (Å²) in [6.45, 7) is 5.40. The maximum Gasteiger partial charge on any atom is 0.203 e. The molecule has 0 radical (unpaired) electrons. The van der Waals surface area contributed by atoms with Crippen LogP contribution in [0.2, 0.25) is 0 Å². The van der Waals surface area contributed by atoms with Gasteiger partial charge in [-0.1, -0.05) is 20.8 Å². The largest absolute Gasteiger partial charge is 0.452 e. The van der Waals surface area contributed by atoms with Crippen LogP contribution in [0.15, 0.2) is 27.1 Å². The number of benzene rings is 1. The van der Waals surface area contributed by atoms with Crippen molar-refractivity contribution in [2.75, 3.05) is 0 Å². The Labute approximate surface area is 107 Å². The summed E-state index contributed by atoms with van der Waals surface area (Å²) in [6.07, 6.45) is 0. The zero-order valence-electron chi connectivity index (χ0n) is 9.80. The van der Waals surface area contributed by atoms with Crippen LogP contribution in [0.4, 0.5) is 4.39 Å². The molecule has 2 rings (SSSR count). The molecule has 2 aromatic rings. The average molecular weight is 299 g/mol. The van der Waals surface area contributed by atoms with Crippen LogP contribution in [0.25, 0.3) is 11.0 Å². The second-order valence-electron chi connectivity index (χ2n) is 4.96. The van der Waals surface area contributed by atoms with Crippen molar-refractivity contribution in [1.29, 1.82) is 0 Å². The van der Waals surface area contributed by atoms with E-state index < -0.39 is 5.41 Å². The molecule has 17 heavy (non-hydrogen) atoms. The standard InChI is InChI=1S/C13H12BrFO2/c1-13(2,3)12(16)10-6-7-9(15)5-4-8(14)11(7)17-10/h4-6H,1-3H3. The third-order valence-corrected chi connectivity index (χ3v) is 3.11. The van der Waals surface area contributed by atoms with E-state index >= 15 is 0 Å². The normalized spacial score (nSPS) is 12.1. The van der Waals surface area contributed by atoms with Gasteiger partial charge in [0, 0.05) is 5.41 Å². The van der Waals surface area contributed by atoms with Crippen molar-refractivity contribution in [2.45, 2.75) is 20.8 Å². The first kappa shape index (κ1) is 12.3. The van der Waals surface area contributed by atoms with Gasteiger partial charge in [0.1, 0.15) is 5.82 Å². The number of Topliss-reactive ketones (excluding diaryl/α,β-unsaturated/α-hetero) is 1. The van der Waals surface area contributed by atoms with Gasteiger partial charge in [-0.2, -0.15) is 0 Å². The molecular formula is C13H12BrFO2. The first-order valence-corrected chi connectivity index (χ1v) is 6.02. The van der Waals surface area contributed by atoms with Gasteiger partial charge >= 0.3 is 0 Å². The molecule has 0 amide bonds. The molecule has 0 aliphatic rings. The topological polar surface area (TPSA) is 30.2 Å². The average Bonchev–Trinajstić information content (AvgIpc) is 2.67. The lowest BCUT2D eigenvalue weighted by Gasteiger charge is -2.13. The van der Waals surface area contributed by atoms with E-state index in [1.807, 2.05) is 0 Å². The molecule has 2 nitrogen and oxygen atoms in total. The highest BCUT2D eigenvalue weighted by Gasteiger charge is 2.27. The van der Waals surface area contributed by atoms with Crippen molar-refractivity contribution in [1.82, 2.24) is 0 Å². The van der Waals surface area contributed by atoms with Gasteiger partial charge < -0.3 is 4.42 Å². The van der Waals surface area contributed by atoms with Crippen molar-refractivity contribution in [2.24, 2.45) is 5.41 Å².